The second-order valence-electron chi connectivity index (χ2n) is 9.65. The Morgan fingerprint density at radius 3 is 2.09 bits per heavy atom. The monoisotopic (exact) mass is 447 g/mol. The number of carbonyl (C=O) groups excluding carboxylic acids is 2. The Balaban J connectivity index is 1.24. The van der Waals surface area contributed by atoms with Gasteiger partial charge in [0.25, 0.3) is 0 Å². The van der Waals surface area contributed by atoms with Gasteiger partial charge in [0.1, 0.15) is 0 Å². The van der Waals surface area contributed by atoms with Crippen LogP contribution in [0.5, 0.6) is 0 Å². The van der Waals surface area contributed by atoms with E-state index in [9.17, 15) is 9.59 Å². The number of hydrogen-bond donors (Lipinski definition) is 2. The maximum atomic E-state index is 12.7. The molecule has 1 aliphatic heterocycles. The molecule has 5 nitrogen and oxygen atoms in total. The molecular formula is C28H37N3O2. The highest BCUT2D eigenvalue weighted by Gasteiger charge is 2.28. The van der Waals surface area contributed by atoms with Crippen molar-refractivity contribution in [3.63, 3.8) is 0 Å². The van der Waals surface area contributed by atoms with Crippen molar-refractivity contribution in [2.24, 2.45) is 5.92 Å². The molecule has 33 heavy (non-hydrogen) atoms. The van der Waals surface area contributed by atoms with Crippen LogP contribution in [-0.4, -0.2) is 42.4 Å². The zero-order valence-electron chi connectivity index (χ0n) is 19.7. The third-order valence-corrected chi connectivity index (χ3v) is 7.36. The van der Waals surface area contributed by atoms with Crippen molar-refractivity contribution in [2.75, 3.05) is 19.6 Å². The van der Waals surface area contributed by atoms with Crippen LogP contribution in [0.3, 0.4) is 0 Å². The molecule has 1 heterocycles. The number of hydrogen-bond acceptors (Lipinski definition) is 3. The average molecular weight is 448 g/mol. The molecule has 5 heteroatoms. The van der Waals surface area contributed by atoms with Crippen LogP contribution in [0, 0.1) is 5.92 Å². The van der Waals surface area contributed by atoms with E-state index in [-0.39, 0.29) is 35.7 Å². The smallest absolute Gasteiger partial charge is 0.227 e. The molecule has 2 fully saturated rings. The van der Waals surface area contributed by atoms with Crippen LogP contribution in [-0.2, 0) is 9.59 Å². The molecule has 0 bridgehead atoms. The van der Waals surface area contributed by atoms with Crippen molar-refractivity contribution >= 4 is 11.8 Å². The lowest BCUT2D eigenvalue weighted by molar-refractivity contribution is -0.128. The molecule has 2 N–H and O–H groups in total. The average Bonchev–Trinajstić information content (AvgIpc) is 2.82. The Labute approximate surface area is 197 Å². The Morgan fingerprint density at radius 2 is 1.52 bits per heavy atom. The first-order valence-electron chi connectivity index (χ1n) is 12.5. The molecule has 0 aromatic heterocycles. The second-order valence-corrected chi connectivity index (χ2v) is 9.65. The van der Waals surface area contributed by atoms with Gasteiger partial charge in [-0.25, -0.2) is 0 Å². The molecule has 1 aliphatic carbocycles. The highest BCUT2D eigenvalue weighted by Crippen LogP contribution is 2.28. The number of rotatable bonds is 9. The van der Waals surface area contributed by atoms with Crippen molar-refractivity contribution in [2.45, 2.75) is 63.5 Å². The van der Waals surface area contributed by atoms with Gasteiger partial charge < -0.3 is 15.5 Å². The lowest BCUT2D eigenvalue weighted by Crippen LogP contribution is -2.46. The van der Waals surface area contributed by atoms with Crippen molar-refractivity contribution in [1.82, 2.24) is 15.5 Å². The number of nitrogens with one attached hydrogen (secondary N) is 2. The standard InChI is InChI=1S/C28H37N3O2/c1-21(22-9-4-2-5-10-22)27(32)29-25-15-18-31(19-16-25)20-17-26(23-11-6-3-7-12-23)30-28(33)24-13-8-14-24/h2-7,9-12,21,24-26H,8,13-20H2,1H3,(H,29,32)(H,30,33). The van der Waals surface area contributed by atoms with Crippen LogP contribution < -0.4 is 10.6 Å². The predicted molar refractivity (Wildman–Crippen MR) is 132 cm³/mol. The number of nitrogens with zero attached hydrogens (tertiary/aromatic N) is 1. The van der Waals surface area contributed by atoms with Crippen molar-refractivity contribution in [3.05, 3.63) is 71.8 Å². The summed E-state index contributed by atoms with van der Waals surface area (Å²) >= 11 is 0. The van der Waals surface area contributed by atoms with Gasteiger partial charge in [-0.15, -0.1) is 0 Å². The van der Waals surface area contributed by atoms with Crippen molar-refractivity contribution < 1.29 is 9.59 Å². The van der Waals surface area contributed by atoms with E-state index in [2.05, 4.69) is 27.7 Å². The fourth-order valence-electron chi connectivity index (χ4n) is 4.80. The van der Waals surface area contributed by atoms with E-state index in [4.69, 9.17) is 0 Å². The van der Waals surface area contributed by atoms with E-state index in [0.29, 0.717) is 0 Å². The molecule has 4 rings (SSSR count). The number of benzene rings is 2. The quantitative estimate of drug-likeness (QED) is 0.598. The Morgan fingerprint density at radius 1 is 0.909 bits per heavy atom. The van der Waals surface area contributed by atoms with Gasteiger partial charge in [-0.1, -0.05) is 67.1 Å². The molecule has 2 unspecified atom stereocenters. The van der Waals surface area contributed by atoms with E-state index in [1.807, 2.05) is 55.5 Å². The molecule has 2 aromatic carbocycles. The van der Waals surface area contributed by atoms with Gasteiger partial charge in [-0.2, -0.15) is 0 Å². The van der Waals surface area contributed by atoms with Gasteiger partial charge in [0.05, 0.1) is 12.0 Å². The molecule has 0 spiro atoms. The maximum Gasteiger partial charge on any atom is 0.227 e. The molecule has 2 atom stereocenters. The summed E-state index contributed by atoms with van der Waals surface area (Å²) in [6.45, 7) is 4.87. The second kappa shape index (κ2) is 11.5. The van der Waals surface area contributed by atoms with Gasteiger partial charge in [0, 0.05) is 31.6 Å². The third kappa shape index (κ3) is 6.44. The van der Waals surface area contributed by atoms with E-state index in [1.165, 1.54) is 12.0 Å². The van der Waals surface area contributed by atoms with Gasteiger partial charge in [-0.05, 0) is 50.2 Å². The minimum atomic E-state index is -0.130. The lowest BCUT2D eigenvalue weighted by atomic mass is 9.84. The molecule has 0 radical (unpaired) electrons. The van der Waals surface area contributed by atoms with Crippen LogP contribution in [0.2, 0.25) is 0 Å². The number of carbonyl (C=O) groups is 2. The number of amides is 2. The van der Waals surface area contributed by atoms with Crippen LogP contribution in [0.15, 0.2) is 60.7 Å². The molecule has 1 saturated carbocycles. The van der Waals surface area contributed by atoms with Gasteiger partial charge in [0.15, 0.2) is 0 Å². The highest BCUT2D eigenvalue weighted by molar-refractivity contribution is 5.83. The Hall–Kier alpha value is -2.66. The molecule has 1 saturated heterocycles. The zero-order valence-corrected chi connectivity index (χ0v) is 19.7. The van der Waals surface area contributed by atoms with Gasteiger partial charge in [-0.3, -0.25) is 9.59 Å². The van der Waals surface area contributed by atoms with Crippen LogP contribution >= 0.6 is 0 Å². The van der Waals surface area contributed by atoms with Gasteiger partial charge in [0.2, 0.25) is 11.8 Å². The van der Waals surface area contributed by atoms with Crippen molar-refractivity contribution in [1.29, 1.82) is 0 Å². The van der Waals surface area contributed by atoms with Gasteiger partial charge >= 0.3 is 0 Å². The first-order chi connectivity index (χ1) is 16.1. The summed E-state index contributed by atoms with van der Waals surface area (Å²) in [7, 11) is 0. The molecule has 2 amide bonds. The number of likely N-dealkylation sites (tertiary alicyclic amines) is 1. The molecule has 2 aliphatic rings. The van der Waals surface area contributed by atoms with Crippen LogP contribution in [0.1, 0.15) is 68.5 Å². The summed E-state index contributed by atoms with van der Waals surface area (Å²) < 4.78 is 0. The summed E-state index contributed by atoms with van der Waals surface area (Å²) in [4.78, 5) is 27.8. The summed E-state index contributed by atoms with van der Waals surface area (Å²) in [5.74, 6) is 0.399. The minimum Gasteiger partial charge on any atom is -0.353 e. The highest BCUT2D eigenvalue weighted by atomic mass is 16.2. The summed E-state index contributed by atoms with van der Waals surface area (Å²) in [6, 6.07) is 20.6. The number of piperidine rings is 1. The van der Waals surface area contributed by atoms with Crippen molar-refractivity contribution in [3.8, 4) is 0 Å². The van der Waals surface area contributed by atoms with Crippen LogP contribution in [0.25, 0.3) is 0 Å². The Bertz CT molecular complexity index is 890. The first kappa shape index (κ1) is 23.5. The minimum absolute atomic E-state index is 0.0587. The third-order valence-electron chi connectivity index (χ3n) is 7.36. The largest absolute Gasteiger partial charge is 0.353 e. The summed E-state index contributed by atoms with van der Waals surface area (Å²) in [5, 5.41) is 6.57. The van der Waals surface area contributed by atoms with E-state index in [1.54, 1.807) is 0 Å². The lowest BCUT2D eigenvalue weighted by Gasteiger charge is -2.34. The first-order valence-corrected chi connectivity index (χ1v) is 12.5. The van der Waals surface area contributed by atoms with E-state index in [0.717, 1.165) is 57.3 Å². The topological polar surface area (TPSA) is 61.4 Å². The summed E-state index contributed by atoms with van der Waals surface area (Å²) in [6.07, 6.45) is 6.06. The van der Waals surface area contributed by atoms with E-state index < -0.39 is 0 Å². The SMILES string of the molecule is CC(C(=O)NC1CCN(CCC(NC(=O)C2CCC2)c2ccccc2)CC1)c1ccccc1. The Kier molecular flexibility index (Phi) is 8.16. The fraction of sp³-hybridized carbons (Fsp3) is 0.500. The fourth-order valence-corrected chi connectivity index (χ4v) is 4.80. The normalized spacial score (nSPS) is 19.3. The zero-order chi connectivity index (χ0) is 23.0. The maximum absolute atomic E-state index is 12.7. The van der Waals surface area contributed by atoms with Crippen LogP contribution in [0.4, 0.5) is 0 Å². The molecule has 176 valence electrons. The van der Waals surface area contributed by atoms with E-state index >= 15 is 0 Å². The predicted octanol–water partition coefficient (Wildman–Crippen LogP) is 4.42. The molecule has 2 aromatic rings. The molecular weight excluding hydrogens is 410 g/mol. The summed E-state index contributed by atoms with van der Waals surface area (Å²) in [5.41, 5.74) is 2.24.